The van der Waals surface area contributed by atoms with Gasteiger partial charge in [-0.15, -0.1) is 5.10 Å². The van der Waals surface area contributed by atoms with Crippen LogP contribution in [-0.2, 0) is 11.3 Å². The summed E-state index contributed by atoms with van der Waals surface area (Å²) in [5.74, 6) is -1.92. The molecule has 0 saturated heterocycles. The molecule has 5 nitrogen and oxygen atoms in total. The molecule has 0 aliphatic rings. The number of nitrogens with zero attached hydrogens (tertiary/aromatic N) is 3. The van der Waals surface area contributed by atoms with E-state index in [9.17, 15) is 18.0 Å². The number of carbonyl (C=O) groups excluding carboxylic acids is 1. The van der Waals surface area contributed by atoms with Crippen molar-refractivity contribution in [3.63, 3.8) is 0 Å². The van der Waals surface area contributed by atoms with Gasteiger partial charge >= 0.3 is 12.1 Å². The highest BCUT2D eigenvalue weighted by Gasteiger charge is 2.38. The fourth-order valence-electron chi connectivity index (χ4n) is 1.69. The molecule has 0 aliphatic heterocycles. The molecule has 0 aliphatic carbocycles. The van der Waals surface area contributed by atoms with E-state index in [4.69, 9.17) is 0 Å². The Labute approximate surface area is 118 Å². The first-order chi connectivity index (χ1) is 9.97. The van der Waals surface area contributed by atoms with Crippen molar-refractivity contribution in [2.75, 3.05) is 6.54 Å². The number of nitrogens with one attached hydrogen (secondary N) is 1. The standard InChI is InChI=1S/C13H13F3N4O/c14-13(15,16)12(21)17-7-4-8-20-9-11(18-19-20)10-5-2-1-3-6-10/h1-3,5-6,9H,4,7-8H2,(H,17,21). The maximum atomic E-state index is 12.0. The maximum Gasteiger partial charge on any atom is 0.471 e. The summed E-state index contributed by atoms with van der Waals surface area (Å²) in [7, 11) is 0. The van der Waals surface area contributed by atoms with E-state index in [2.05, 4.69) is 10.3 Å². The molecule has 112 valence electrons. The lowest BCUT2D eigenvalue weighted by atomic mass is 10.2. The van der Waals surface area contributed by atoms with E-state index in [1.54, 1.807) is 11.5 Å². The lowest BCUT2D eigenvalue weighted by Gasteiger charge is -2.07. The number of amides is 1. The first-order valence-electron chi connectivity index (χ1n) is 6.27. The van der Waals surface area contributed by atoms with Gasteiger partial charge in [-0.1, -0.05) is 35.5 Å². The summed E-state index contributed by atoms with van der Waals surface area (Å²) >= 11 is 0. The minimum absolute atomic E-state index is 0.0706. The Morgan fingerprint density at radius 3 is 2.62 bits per heavy atom. The van der Waals surface area contributed by atoms with E-state index in [0.717, 1.165) is 5.56 Å². The number of halogens is 3. The van der Waals surface area contributed by atoms with Gasteiger partial charge in [0.25, 0.3) is 0 Å². The second kappa shape index (κ2) is 6.38. The zero-order valence-corrected chi connectivity index (χ0v) is 11.0. The van der Waals surface area contributed by atoms with Crippen molar-refractivity contribution in [2.24, 2.45) is 0 Å². The number of aromatic nitrogens is 3. The predicted octanol–water partition coefficient (Wildman–Crippen LogP) is 2.01. The van der Waals surface area contributed by atoms with Gasteiger partial charge in [0.1, 0.15) is 5.69 Å². The van der Waals surface area contributed by atoms with Gasteiger partial charge in [-0.05, 0) is 6.42 Å². The summed E-state index contributed by atoms with van der Waals surface area (Å²) < 4.78 is 37.4. The highest BCUT2D eigenvalue weighted by atomic mass is 19.4. The number of alkyl halides is 3. The molecule has 0 atom stereocenters. The molecule has 1 amide bonds. The zero-order chi connectivity index (χ0) is 15.3. The van der Waals surface area contributed by atoms with Gasteiger partial charge in [0.15, 0.2) is 0 Å². The number of benzene rings is 1. The molecule has 1 heterocycles. The van der Waals surface area contributed by atoms with Crippen LogP contribution in [0.1, 0.15) is 6.42 Å². The highest BCUT2D eigenvalue weighted by molar-refractivity contribution is 5.81. The Bertz CT molecular complexity index is 595. The molecule has 1 aromatic carbocycles. The van der Waals surface area contributed by atoms with E-state index < -0.39 is 12.1 Å². The molecule has 0 saturated carbocycles. The Morgan fingerprint density at radius 2 is 1.95 bits per heavy atom. The number of hydrogen-bond acceptors (Lipinski definition) is 3. The second-order valence-electron chi connectivity index (χ2n) is 4.34. The lowest BCUT2D eigenvalue weighted by molar-refractivity contribution is -0.173. The predicted molar refractivity (Wildman–Crippen MR) is 69.1 cm³/mol. The van der Waals surface area contributed by atoms with Gasteiger partial charge in [0.05, 0.1) is 6.20 Å². The topological polar surface area (TPSA) is 59.8 Å². The number of rotatable bonds is 5. The first kappa shape index (κ1) is 15.0. The van der Waals surface area contributed by atoms with Crippen LogP contribution in [0.25, 0.3) is 11.3 Å². The largest absolute Gasteiger partial charge is 0.471 e. The Balaban J connectivity index is 1.80. The van der Waals surface area contributed by atoms with Crippen LogP contribution in [0, 0.1) is 0 Å². The minimum atomic E-state index is -4.84. The quantitative estimate of drug-likeness (QED) is 0.859. The zero-order valence-electron chi connectivity index (χ0n) is 11.0. The number of hydrogen-bond donors (Lipinski definition) is 1. The van der Waals surface area contributed by atoms with Crippen molar-refractivity contribution in [1.82, 2.24) is 20.3 Å². The van der Waals surface area contributed by atoms with E-state index in [-0.39, 0.29) is 6.54 Å². The van der Waals surface area contributed by atoms with Crippen molar-refractivity contribution < 1.29 is 18.0 Å². The van der Waals surface area contributed by atoms with Crippen molar-refractivity contribution in [3.05, 3.63) is 36.5 Å². The normalized spacial score (nSPS) is 11.4. The maximum absolute atomic E-state index is 12.0. The summed E-state index contributed by atoms with van der Waals surface area (Å²) in [5, 5.41) is 9.68. The summed E-state index contributed by atoms with van der Waals surface area (Å²) in [6.07, 6.45) is -2.80. The van der Waals surface area contributed by atoms with Crippen LogP contribution >= 0.6 is 0 Å². The van der Waals surface area contributed by atoms with Crippen molar-refractivity contribution >= 4 is 5.91 Å². The molecule has 0 bridgehead atoms. The van der Waals surface area contributed by atoms with E-state index in [1.807, 2.05) is 30.3 Å². The lowest BCUT2D eigenvalue weighted by Crippen LogP contribution is -2.37. The molecule has 1 aromatic heterocycles. The van der Waals surface area contributed by atoms with Gasteiger partial charge in [-0.2, -0.15) is 13.2 Å². The van der Waals surface area contributed by atoms with Gasteiger partial charge in [0, 0.05) is 18.7 Å². The molecule has 0 spiro atoms. The van der Waals surface area contributed by atoms with Crippen LogP contribution in [0.3, 0.4) is 0 Å². The van der Waals surface area contributed by atoms with Gasteiger partial charge in [-0.3, -0.25) is 9.48 Å². The Hall–Kier alpha value is -2.38. The van der Waals surface area contributed by atoms with E-state index in [0.29, 0.717) is 18.7 Å². The number of carbonyl (C=O) groups is 1. The molecule has 2 aromatic rings. The monoisotopic (exact) mass is 298 g/mol. The molecule has 8 heteroatoms. The summed E-state index contributed by atoms with van der Waals surface area (Å²) in [6, 6.07) is 9.41. The summed E-state index contributed by atoms with van der Waals surface area (Å²) in [5.41, 5.74) is 1.60. The molecule has 1 N–H and O–H groups in total. The molecule has 2 rings (SSSR count). The van der Waals surface area contributed by atoms with Crippen LogP contribution in [0.4, 0.5) is 13.2 Å². The van der Waals surface area contributed by atoms with Gasteiger partial charge in [-0.25, -0.2) is 0 Å². The SMILES string of the molecule is O=C(NCCCn1cc(-c2ccccc2)nn1)C(F)(F)F. The van der Waals surface area contributed by atoms with Crippen LogP contribution in [-0.4, -0.2) is 33.6 Å². The minimum Gasteiger partial charge on any atom is -0.348 e. The Kier molecular flexibility index (Phi) is 4.56. The molecular weight excluding hydrogens is 285 g/mol. The smallest absolute Gasteiger partial charge is 0.348 e. The molecular formula is C13H13F3N4O. The summed E-state index contributed by atoms with van der Waals surface area (Å²) in [4.78, 5) is 10.6. The molecule has 0 fully saturated rings. The third-order valence-electron chi connectivity index (χ3n) is 2.72. The van der Waals surface area contributed by atoms with Crippen LogP contribution in [0.5, 0.6) is 0 Å². The average Bonchev–Trinajstić information content (AvgIpc) is 2.92. The third kappa shape index (κ3) is 4.30. The molecule has 0 unspecified atom stereocenters. The van der Waals surface area contributed by atoms with Crippen molar-refractivity contribution in [2.45, 2.75) is 19.1 Å². The van der Waals surface area contributed by atoms with Crippen LogP contribution in [0.15, 0.2) is 36.5 Å². The fraction of sp³-hybridized carbons (Fsp3) is 0.308. The van der Waals surface area contributed by atoms with E-state index in [1.165, 1.54) is 4.68 Å². The molecule has 21 heavy (non-hydrogen) atoms. The van der Waals surface area contributed by atoms with Crippen molar-refractivity contribution in [3.8, 4) is 11.3 Å². The van der Waals surface area contributed by atoms with Crippen LogP contribution < -0.4 is 5.32 Å². The fourth-order valence-corrected chi connectivity index (χ4v) is 1.69. The highest BCUT2D eigenvalue weighted by Crippen LogP contribution is 2.15. The first-order valence-corrected chi connectivity index (χ1v) is 6.27. The second-order valence-corrected chi connectivity index (χ2v) is 4.34. The average molecular weight is 298 g/mol. The van der Waals surface area contributed by atoms with Gasteiger partial charge < -0.3 is 5.32 Å². The number of aryl methyl sites for hydroxylation is 1. The van der Waals surface area contributed by atoms with Crippen LogP contribution in [0.2, 0.25) is 0 Å². The van der Waals surface area contributed by atoms with E-state index >= 15 is 0 Å². The Morgan fingerprint density at radius 1 is 1.24 bits per heavy atom. The van der Waals surface area contributed by atoms with Gasteiger partial charge in [0.2, 0.25) is 0 Å². The summed E-state index contributed by atoms with van der Waals surface area (Å²) in [6.45, 7) is 0.302. The van der Waals surface area contributed by atoms with Crippen molar-refractivity contribution in [1.29, 1.82) is 0 Å². The molecule has 0 radical (unpaired) electrons. The third-order valence-corrected chi connectivity index (χ3v) is 2.72.